The zero-order valence-electron chi connectivity index (χ0n) is 9.14. The minimum absolute atomic E-state index is 0.105. The largest absolute Gasteiger partial charge is 0.391 e. The highest BCUT2D eigenvalue weighted by Gasteiger charge is 2.02. The average molecular weight is 221 g/mol. The summed E-state index contributed by atoms with van der Waals surface area (Å²) in [6.07, 6.45) is 3.82. The van der Waals surface area contributed by atoms with E-state index in [1.807, 2.05) is 19.2 Å². The van der Waals surface area contributed by atoms with Crippen LogP contribution in [0, 0.1) is 10.1 Å². The lowest BCUT2D eigenvalue weighted by atomic mass is 10.3. The van der Waals surface area contributed by atoms with Crippen molar-refractivity contribution in [2.24, 2.45) is 0 Å². The lowest BCUT2D eigenvalue weighted by molar-refractivity contribution is -0.384. The van der Waals surface area contributed by atoms with Gasteiger partial charge in [0, 0.05) is 30.9 Å². The van der Waals surface area contributed by atoms with Crippen LogP contribution in [0.2, 0.25) is 0 Å². The molecule has 0 aromatic heterocycles. The van der Waals surface area contributed by atoms with Crippen molar-refractivity contribution in [3.63, 3.8) is 0 Å². The third kappa shape index (κ3) is 4.00. The first-order valence-electron chi connectivity index (χ1n) is 5.10. The van der Waals surface area contributed by atoms with Crippen LogP contribution in [-0.4, -0.2) is 18.0 Å². The fourth-order valence-electron chi connectivity index (χ4n) is 1.14. The number of rotatable bonds is 6. The monoisotopic (exact) mass is 221 g/mol. The predicted molar refractivity (Wildman–Crippen MR) is 64.4 cm³/mol. The Balaban J connectivity index is 2.40. The lowest BCUT2D eigenvalue weighted by Crippen LogP contribution is -2.04. The third-order valence-corrected chi connectivity index (χ3v) is 1.94. The normalized spacial score (nSPS) is 10.3. The first kappa shape index (κ1) is 12.0. The van der Waals surface area contributed by atoms with E-state index in [0.29, 0.717) is 6.54 Å². The molecule has 0 aliphatic carbocycles. The number of non-ortho nitro benzene ring substituents is 1. The standard InChI is InChI=1S/C11H15N3O2/c1-2-12-8-3-9-13-10-4-6-11(7-5-10)14(15)16/h3-8,12-13H,2,9H2,1H3. The molecule has 5 nitrogen and oxygen atoms in total. The fourth-order valence-corrected chi connectivity index (χ4v) is 1.14. The summed E-state index contributed by atoms with van der Waals surface area (Å²) in [6, 6.07) is 6.35. The van der Waals surface area contributed by atoms with Gasteiger partial charge in [0.05, 0.1) is 4.92 Å². The summed E-state index contributed by atoms with van der Waals surface area (Å²) in [4.78, 5) is 10.0. The van der Waals surface area contributed by atoms with Crippen LogP contribution in [0.25, 0.3) is 0 Å². The predicted octanol–water partition coefficient (Wildman–Crippen LogP) is 2.13. The molecule has 0 radical (unpaired) electrons. The van der Waals surface area contributed by atoms with Gasteiger partial charge in [0.25, 0.3) is 5.69 Å². The highest BCUT2D eigenvalue weighted by molar-refractivity contribution is 5.48. The maximum atomic E-state index is 10.4. The molecule has 86 valence electrons. The molecule has 0 amide bonds. The Morgan fingerprint density at radius 3 is 2.62 bits per heavy atom. The first-order chi connectivity index (χ1) is 7.74. The molecule has 0 aliphatic heterocycles. The number of anilines is 1. The van der Waals surface area contributed by atoms with Crippen LogP contribution in [0.3, 0.4) is 0 Å². The number of nitrogens with zero attached hydrogens (tertiary/aromatic N) is 1. The summed E-state index contributed by atoms with van der Waals surface area (Å²) in [7, 11) is 0. The van der Waals surface area contributed by atoms with Crippen molar-refractivity contribution in [2.45, 2.75) is 6.92 Å². The van der Waals surface area contributed by atoms with Crippen molar-refractivity contribution in [2.75, 3.05) is 18.4 Å². The van der Waals surface area contributed by atoms with Crippen molar-refractivity contribution < 1.29 is 4.92 Å². The molecule has 0 fully saturated rings. The Bertz CT molecular complexity index is 360. The number of hydrogen-bond donors (Lipinski definition) is 2. The van der Waals surface area contributed by atoms with Gasteiger partial charge >= 0.3 is 0 Å². The lowest BCUT2D eigenvalue weighted by Gasteiger charge is -2.02. The van der Waals surface area contributed by atoms with Gasteiger partial charge in [0.15, 0.2) is 0 Å². The Labute approximate surface area is 94.3 Å². The summed E-state index contributed by atoms with van der Waals surface area (Å²) in [5.74, 6) is 0. The maximum Gasteiger partial charge on any atom is 0.269 e. The summed E-state index contributed by atoms with van der Waals surface area (Å²) < 4.78 is 0. The van der Waals surface area contributed by atoms with Gasteiger partial charge in [0.1, 0.15) is 0 Å². The van der Waals surface area contributed by atoms with E-state index < -0.39 is 4.92 Å². The van der Waals surface area contributed by atoms with Gasteiger partial charge in [-0.2, -0.15) is 0 Å². The molecule has 0 aliphatic rings. The van der Waals surface area contributed by atoms with Gasteiger partial charge in [-0.3, -0.25) is 10.1 Å². The summed E-state index contributed by atoms with van der Waals surface area (Å²) in [5, 5.41) is 16.6. The zero-order valence-corrected chi connectivity index (χ0v) is 9.14. The van der Waals surface area contributed by atoms with E-state index in [2.05, 4.69) is 10.6 Å². The van der Waals surface area contributed by atoms with E-state index in [0.717, 1.165) is 12.2 Å². The summed E-state index contributed by atoms with van der Waals surface area (Å²) in [6.45, 7) is 3.60. The van der Waals surface area contributed by atoms with E-state index in [4.69, 9.17) is 0 Å². The Morgan fingerprint density at radius 1 is 1.38 bits per heavy atom. The fraction of sp³-hybridized carbons (Fsp3) is 0.273. The van der Waals surface area contributed by atoms with E-state index >= 15 is 0 Å². The Morgan fingerprint density at radius 2 is 2.06 bits per heavy atom. The van der Waals surface area contributed by atoms with Crippen molar-refractivity contribution in [3.8, 4) is 0 Å². The number of nitro groups is 1. The van der Waals surface area contributed by atoms with Crippen molar-refractivity contribution >= 4 is 11.4 Å². The second-order valence-electron chi connectivity index (χ2n) is 3.14. The van der Waals surface area contributed by atoms with E-state index in [9.17, 15) is 10.1 Å². The van der Waals surface area contributed by atoms with E-state index in [1.54, 1.807) is 12.1 Å². The number of hydrogen-bond acceptors (Lipinski definition) is 4. The molecule has 0 saturated heterocycles. The highest BCUT2D eigenvalue weighted by Crippen LogP contribution is 2.14. The van der Waals surface area contributed by atoms with Crippen LogP contribution < -0.4 is 10.6 Å². The number of nitrogens with one attached hydrogen (secondary N) is 2. The summed E-state index contributed by atoms with van der Waals surface area (Å²) in [5.41, 5.74) is 0.973. The number of nitro benzene ring substituents is 1. The van der Waals surface area contributed by atoms with E-state index in [-0.39, 0.29) is 5.69 Å². The molecular formula is C11H15N3O2. The Kier molecular flexibility index (Phi) is 4.85. The molecular weight excluding hydrogens is 206 g/mol. The van der Waals surface area contributed by atoms with Crippen LogP contribution in [-0.2, 0) is 0 Å². The van der Waals surface area contributed by atoms with E-state index in [1.165, 1.54) is 12.1 Å². The molecule has 1 rings (SSSR count). The van der Waals surface area contributed by atoms with Crippen LogP contribution in [0.1, 0.15) is 6.92 Å². The smallest absolute Gasteiger partial charge is 0.269 e. The minimum Gasteiger partial charge on any atom is -0.391 e. The van der Waals surface area contributed by atoms with Crippen LogP contribution in [0.4, 0.5) is 11.4 Å². The first-order valence-corrected chi connectivity index (χ1v) is 5.10. The van der Waals surface area contributed by atoms with Crippen LogP contribution in [0.5, 0.6) is 0 Å². The molecule has 2 N–H and O–H groups in total. The molecule has 1 aromatic carbocycles. The second-order valence-corrected chi connectivity index (χ2v) is 3.14. The van der Waals surface area contributed by atoms with Gasteiger partial charge < -0.3 is 10.6 Å². The van der Waals surface area contributed by atoms with Crippen LogP contribution in [0.15, 0.2) is 36.5 Å². The van der Waals surface area contributed by atoms with Crippen molar-refractivity contribution in [1.29, 1.82) is 0 Å². The molecule has 0 heterocycles. The molecule has 1 aromatic rings. The van der Waals surface area contributed by atoms with Gasteiger partial charge in [-0.1, -0.05) is 0 Å². The summed E-state index contributed by atoms with van der Waals surface area (Å²) >= 11 is 0. The quantitative estimate of drug-likeness (QED) is 0.570. The third-order valence-electron chi connectivity index (χ3n) is 1.94. The molecule has 0 unspecified atom stereocenters. The van der Waals surface area contributed by atoms with Crippen molar-refractivity contribution in [1.82, 2.24) is 5.32 Å². The van der Waals surface area contributed by atoms with Gasteiger partial charge in [-0.25, -0.2) is 0 Å². The van der Waals surface area contributed by atoms with Crippen LogP contribution >= 0.6 is 0 Å². The topological polar surface area (TPSA) is 67.2 Å². The Hall–Kier alpha value is -2.04. The molecule has 16 heavy (non-hydrogen) atoms. The maximum absolute atomic E-state index is 10.4. The van der Waals surface area contributed by atoms with Crippen molar-refractivity contribution in [3.05, 3.63) is 46.7 Å². The van der Waals surface area contributed by atoms with Gasteiger partial charge in [0.2, 0.25) is 0 Å². The number of benzene rings is 1. The average Bonchev–Trinajstić information content (AvgIpc) is 2.29. The molecule has 0 spiro atoms. The molecule has 0 saturated carbocycles. The van der Waals surface area contributed by atoms with Gasteiger partial charge in [-0.15, -0.1) is 0 Å². The molecule has 0 atom stereocenters. The highest BCUT2D eigenvalue weighted by atomic mass is 16.6. The zero-order chi connectivity index (χ0) is 11.8. The molecule has 0 bridgehead atoms. The SMILES string of the molecule is CCNC=CCNc1ccc([N+](=O)[O-])cc1. The minimum atomic E-state index is -0.408. The molecule has 5 heteroatoms. The second kappa shape index (κ2) is 6.44. The van der Waals surface area contributed by atoms with Gasteiger partial charge in [-0.05, 0) is 31.3 Å².